The molecule has 0 radical (unpaired) electrons. The Balaban J connectivity index is 1.87. The topological polar surface area (TPSA) is 60.6 Å². The van der Waals surface area contributed by atoms with E-state index in [1.165, 1.54) is 12.0 Å². The molecule has 0 saturated carbocycles. The minimum absolute atomic E-state index is 0.732. The molecule has 3 aromatic rings. The monoisotopic (exact) mass is 363 g/mol. The van der Waals surface area contributed by atoms with Gasteiger partial charge in [0, 0.05) is 30.2 Å². The molecule has 0 saturated heterocycles. The summed E-state index contributed by atoms with van der Waals surface area (Å²) in [6, 6.07) is 12.6. The van der Waals surface area contributed by atoms with Crippen molar-refractivity contribution >= 4 is 11.2 Å². The van der Waals surface area contributed by atoms with E-state index in [2.05, 4.69) is 76.1 Å². The van der Waals surface area contributed by atoms with E-state index in [4.69, 9.17) is 0 Å². The van der Waals surface area contributed by atoms with Crippen molar-refractivity contribution in [3.8, 4) is 11.3 Å². The van der Waals surface area contributed by atoms with Crippen molar-refractivity contribution in [3.05, 3.63) is 60.2 Å². The molecule has 0 unspecified atom stereocenters. The molecule has 0 aliphatic heterocycles. The molecule has 5 heteroatoms. The summed E-state index contributed by atoms with van der Waals surface area (Å²) in [7, 11) is 2.18. The van der Waals surface area contributed by atoms with Gasteiger partial charge in [-0.1, -0.05) is 32.0 Å². The van der Waals surface area contributed by atoms with Crippen LogP contribution in [0.3, 0.4) is 0 Å². The predicted octanol–water partition coefficient (Wildman–Crippen LogP) is 4.86. The zero-order chi connectivity index (χ0) is 19.2. The lowest BCUT2D eigenvalue weighted by Gasteiger charge is -2.17. The summed E-state index contributed by atoms with van der Waals surface area (Å²) in [5.41, 5.74) is 5.06. The number of aryl methyl sites for hydroxylation is 1. The highest BCUT2D eigenvalue weighted by molar-refractivity contribution is 5.88. The van der Waals surface area contributed by atoms with Gasteiger partial charge in [-0.25, -0.2) is 9.97 Å². The third-order valence-electron chi connectivity index (χ3n) is 4.56. The molecule has 0 fully saturated rings. The Hall–Kier alpha value is -2.66. The highest BCUT2D eigenvalue weighted by Gasteiger charge is 2.07. The first kappa shape index (κ1) is 19.1. The van der Waals surface area contributed by atoms with Gasteiger partial charge >= 0.3 is 0 Å². The van der Waals surface area contributed by atoms with Gasteiger partial charge in [-0.2, -0.15) is 0 Å². The Morgan fingerprint density at radius 1 is 1.11 bits per heavy atom. The maximum Gasteiger partial charge on any atom is 0.178 e. The fourth-order valence-electron chi connectivity index (χ4n) is 3.07. The SMILES string of the molecule is Cc1nc2nccc(-c3cccc(CN(C)CCC(C)C)ccc[nH]3)c2[nH]1. The Morgan fingerprint density at radius 3 is 2.74 bits per heavy atom. The van der Waals surface area contributed by atoms with Crippen LogP contribution in [0.2, 0.25) is 0 Å². The molecule has 0 aliphatic rings. The van der Waals surface area contributed by atoms with Gasteiger partial charge in [0.2, 0.25) is 0 Å². The molecule has 0 aliphatic carbocycles. The van der Waals surface area contributed by atoms with E-state index in [9.17, 15) is 0 Å². The first-order chi connectivity index (χ1) is 13.0. The number of nitrogens with one attached hydrogen (secondary N) is 2. The fraction of sp³-hybridized carbons (Fsp3) is 0.364. The maximum absolute atomic E-state index is 4.43. The Bertz CT molecular complexity index is 937. The van der Waals surface area contributed by atoms with Crippen LogP contribution < -0.4 is 0 Å². The van der Waals surface area contributed by atoms with Gasteiger partial charge in [-0.3, -0.25) is 0 Å². The summed E-state index contributed by atoms with van der Waals surface area (Å²) >= 11 is 0. The molecule has 3 heterocycles. The molecular weight excluding hydrogens is 334 g/mol. The largest absolute Gasteiger partial charge is 0.361 e. The van der Waals surface area contributed by atoms with Gasteiger partial charge in [0.25, 0.3) is 0 Å². The van der Waals surface area contributed by atoms with Crippen LogP contribution in [0.4, 0.5) is 0 Å². The average molecular weight is 364 g/mol. The molecule has 142 valence electrons. The van der Waals surface area contributed by atoms with Crippen LogP contribution in [0.5, 0.6) is 0 Å². The third-order valence-corrected chi connectivity index (χ3v) is 4.56. The predicted molar refractivity (Wildman–Crippen MR) is 112 cm³/mol. The van der Waals surface area contributed by atoms with Gasteiger partial charge < -0.3 is 14.9 Å². The fourth-order valence-corrected chi connectivity index (χ4v) is 3.07. The van der Waals surface area contributed by atoms with Crippen LogP contribution in [0, 0.1) is 12.8 Å². The minimum atomic E-state index is 0.732. The second-order valence-electron chi connectivity index (χ2n) is 7.48. The molecule has 3 aromatic heterocycles. The summed E-state index contributed by atoms with van der Waals surface area (Å²) in [6.45, 7) is 8.54. The summed E-state index contributed by atoms with van der Waals surface area (Å²) in [5.74, 6) is 1.60. The standard InChI is InChI=1S/C22H29N5/c1-16(2)11-14-27(4)15-18-7-5-9-20(23-12-6-8-18)19-10-13-24-22-21(19)25-17(3)26-22/h5-10,12-13,16,23H,11,14-15H2,1-4H3,(H,24,25,26). The summed E-state index contributed by atoms with van der Waals surface area (Å²) in [4.78, 5) is 17.8. The molecule has 5 nitrogen and oxygen atoms in total. The zero-order valence-corrected chi connectivity index (χ0v) is 16.7. The van der Waals surface area contributed by atoms with Crippen molar-refractivity contribution in [2.24, 2.45) is 5.92 Å². The van der Waals surface area contributed by atoms with Gasteiger partial charge in [0.15, 0.2) is 5.65 Å². The van der Waals surface area contributed by atoms with Crippen LogP contribution in [0.1, 0.15) is 31.7 Å². The van der Waals surface area contributed by atoms with Crippen LogP contribution in [-0.4, -0.2) is 38.4 Å². The quantitative estimate of drug-likeness (QED) is 0.657. The number of hydrogen-bond donors (Lipinski definition) is 2. The maximum atomic E-state index is 4.43. The van der Waals surface area contributed by atoms with E-state index < -0.39 is 0 Å². The normalized spacial score (nSPS) is 11.3. The zero-order valence-electron chi connectivity index (χ0n) is 16.7. The Labute approximate surface area is 161 Å². The van der Waals surface area contributed by atoms with Crippen LogP contribution in [0.25, 0.3) is 22.4 Å². The van der Waals surface area contributed by atoms with Crippen molar-refractivity contribution < 1.29 is 0 Å². The van der Waals surface area contributed by atoms with E-state index in [0.29, 0.717) is 0 Å². The molecule has 0 amide bonds. The van der Waals surface area contributed by atoms with Gasteiger partial charge in [0.05, 0.1) is 5.52 Å². The number of rotatable bonds is 6. The average Bonchev–Trinajstić information content (AvgIpc) is 3.05. The molecular formula is C22H29N5. The van der Waals surface area contributed by atoms with Crippen molar-refractivity contribution in [1.29, 1.82) is 0 Å². The van der Waals surface area contributed by atoms with Crippen molar-refractivity contribution in [1.82, 2.24) is 24.8 Å². The lowest BCUT2D eigenvalue weighted by Crippen LogP contribution is -2.20. The van der Waals surface area contributed by atoms with Crippen LogP contribution in [0.15, 0.2) is 48.8 Å². The molecule has 3 rings (SSSR count). The lowest BCUT2D eigenvalue weighted by atomic mass is 10.1. The summed E-state index contributed by atoms with van der Waals surface area (Å²) in [6.07, 6.45) is 4.99. The highest BCUT2D eigenvalue weighted by Crippen LogP contribution is 2.23. The van der Waals surface area contributed by atoms with E-state index in [0.717, 1.165) is 47.3 Å². The van der Waals surface area contributed by atoms with E-state index in [1.807, 2.05) is 19.2 Å². The first-order valence-corrected chi connectivity index (χ1v) is 9.54. The van der Waals surface area contributed by atoms with Crippen LogP contribution >= 0.6 is 0 Å². The number of aromatic amines is 2. The first-order valence-electron chi connectivity index (χ1n) is 9.54. The van der Waals surface area contributed by atoms with Crippen molar-refractivity contribution in [2.75, 3.05) is 13.6 Å². The van der Waals surface area contributed by atoms with Crippen molar-refractivity contribution in [3.63, 3.8) is 0 Å². The summed E-state index contributed by atoms with van der Waals surface area (Å²) in [5, 5.41) is 0. The molecule has 2 N–H and O–H groups in total. The van der Waals surface area contributed by atoms with Gasteiger partial charge in [-0.15, -0.1) is 0 Å². The molecule has 0 aromatic carbocycles. The molecule has 27 heavy (non-hydrogen) atoms. The number of fused-ring (bicyclic) bond motifs is 1. The molecule has 0 spiro atoms. The third kappa shape index (κ3) is 5.17. The Morgan fingerprint density at radius 2 is 1.93 bits per heavy atom. The minimum Gasteiger partial charge on any atom is -0.361 e. The van der Waals surface area contributed by atoms with E-state index in [-0.39, 0.29) is 0 Å². The number of aromatic nitrogens is 4. The smallest absolute Gasteiger partial charge is 0.178 e. The molecule has 0 bridgehead atoms. The highest BCUT2D eigenvalue weighted by atomic mass is 15.1. The number of imidazole rings is 1. The second kappa shape index (κ2) is 8.82. The van der Waals surface area contributed by atoms with Gasteiger partial charge in [0.1, 0.15) is 5.82 Å². The molecule has 0 atom stereocenters. The number of nitrogens with zero attached hydrogens (tertiary/aromatic N) is 3. The lowest BCUT2D eigenvalue weighted by molar-refractivity contribution is 0.303. The van der Waals surface area contributed by atoms with E-state index >= 15 is 0 Å². The van der Waals surface area contributed by atoms with Crippen molar-refractivity contribution in [2.45, 2.75) is 33.7 Å². The number of pyridine rings is 1. The summed E-state index contributed by atoms with van der Waals surface area (Å²) < 4.78 is 0. The Kier molecular flexibility index (Phi) is 6.24. The number of hydrogen-bond acceptors (Lipinski definition) is 3. The number of H-pyrrole nitrogens is 2. The van der Waals surface area contributed by atoms with Crippen LogP contribution in [-0.2, 0) is 6.54 Å². The van der Waals surface area contributed by atoms with E-state index in [1.54, 1.807) is 6.20 Å². The van der Waals surface area contributed by atoms with Gasteiger partial charge in [-0.05, 0) is 56.6 Å². The second-order valence-corrected chi connectivity index (χ2v) is 7.48.